The molecule has 3 unspecified atom stereocenters. The first-order valence-corrected chi connectivity index (χ1v) is 4.61. The molecule has 2 heteroatoms. The fourth-order valence-electron chi connectivity index (χ4n) is 1.94. The molecule has 66 valence electrons. The van der Waals surface area contributed by atoms with Crippen molar-refractivity contribution >= 4 is 0 Å². The molecule has 0 aromatic carbocycles. The van der Waals surface area contributed by atoms with Crippen molar-refractivity contribution in [1.82, 2.24) is 4.90 Å². The fourth-order valence-corrected chi connectivity index (χ4v) is 1.94. The lowest BCUT2D eigenvalue weighted by molar-refractivity contribution is 0.124. The number of nitrogens with two attached hydrogens (primary N) is 1. The number of nitrogens with zero attached hydrogens (tertiary/aromatic N) is 1. The molecule has 1 rings (SSSR count). The van der Waals surface area contributed by atoms with Crippen LogP contribution in [0.4, 0.5) is 0 Å². The predicted molar refractivity (Wildman–Crippen MR) is 48.5 cm³/mol. The monoisotopic (exact) mass is 156 g/mol. The van der Waals surface area contributed by atoms with Gasteiger partial charge in [-0.05, 0) is 25.8 Å². The normalized spacial score (nSPS) is 40.9. The van der Waals surface area contributed by atoms with Crippen LogP contribution in [0, 0.1) is 5.92 Å². The van der Waals surface area contributed by atoms with Gasteiger partial charge in [0, 0.05) is 18.6 Å². The summed E-state index contributed by atoms with van der Waals surface area (Å²) in [4.78, 5) is 2.44. The summed E-state index contributed by atoms with van der Waals surface area (Å²) < 4.78 is 0. The molecule has 1 fully saturated rings. The van der Waals surface area contributed by atoms with E-state index in [4.69, 9.17) is 5.73 Å². The first-order chi connectivity index (χ1) is 5.15. The van der Waals surface area contributed by atoms with Crippen LogP contribution in [0.3, 0.4) is 0 Å². The van der Waals surface area contributed by atoms with Crippen LogP contribution in [0.1, 0.15) is 26.7 Å². The maximum absolute atomic E-state index is 5.98. The van der Waals surface area contributed by atoms with Gasteiger partial charge in [0.05, 0.1) is 0 Å². The number of rotatable bonds is 1. The van der Waals surface area contributed by atoms with Crippen molar-refractivity contribution in [2.75, 3.05) is 13.6 Å². The minimum Gasteiger partial charge on any atom is -0.327 e. The second-order valence-corrected chi connectivity index (χ2v) is 3.88. The van der Waals surface area contributed by atoms with E-state index in [0.717, 1.165) is 6.04 Å². The van der Waals surface area contributed by atoms with Crippen LogP contribution in [0.15, 0.2) is 0 Å². The molecule has 1 heterocycles. The molecule has 1 aliphatic heterocycles. The summed E-state index contributed by atoms with van der Waals surface area (Å²) in [6.07, 6.45) is 2.41. The molecule has 0 amide bonds. The minimum absolute atomic E-state index is 0.427. The molecule has 2 N–H and O–H groups in total. The Bertz CT molecular complexity index is 125. The molecule has 0 aliphatic carbocycles. The lowest BCUT2D eigenvalue weighted by Gasteiger charge is -2.39. The summed E-state index contributed by atoms with van der Waals surface area (Å²) in [6, 6.07) is 1.15. The zero-order valence-corrected chi connectivity index (χ0v) is 7.88. The van der Waals surface area contributed by atoms with Gasteiger partial charge >= 0.3 is 0 Å². The third kappa shape index (κ3) is 1.94. The minimum atomic E-state index is 0.427. The number of piperidine rings is 1. The van der Waals surface area contributed by atoms with Crippen molar-refractivity contribution in [2.24, 2.45) is 11.7 Å². The SMILES string of the molecule is CCC1CC(N)C(C)CN1C. The molecular weight excluding hydrogens is 136 g/mol. The molecule has 11 heavy (non-hydrogen) atoms. The Labute approximate surface area is 69.8 Å². The number of likely N-dealkylation sites (tertiary alicyclic amines) is 1. The molecule has 2 nitrogen and oxygen atoms in total. The van der Waals surface area contributed by atoms with Gasteiger partial charge in [0.2, 0.25) is 0 Å². The zero-order chi connectivity index (χ0) is 8.43. The summed E-state index contributed by atoms with van der Waals surface area (Å²) in [5.74, 6) is 0.669. The summed E-state index contributed by atoms with van der Waals surface area (Å²) in [7, 11) is 2.20. The lowest BCUT2D eigenvalue weighted by Crippen LogP contribution is -2.49. The van der Waals surface area contributed by atoms with E-state index in [9.17, 15) is 0 Å². The standard InChI is InChI=1S/C9H20N2/c1-4-8-5-9(10)7(2)6-11(8)3/h7-9H,4-6,10H2,1-3H3. The fraction of sp³-hybridized carbons (Fsp3) is 1.00. The van der Waals surface area contributed by atoms with Crippen LogP contribution in [0.5, 0.6) is 0 Å². The van der Waals surface area contributed by atoms with Gasteiger partial charge in [0.15, 0.2) is 0 Å². The predicted octanol–water partition coefficient (Wildman–Crippen LogP) is 1.06. The number of hydrogen-bond acceptors (Lipinski definition) is 2. The van der Waals surface area contributed by atoms with E-state index in [0.29, 0.717) is 12.0 Å². The highest BCUT2D eigenvalue weighted by molar-refractivity contribution is 4.85. The molecular formula is C9H20N2. The maximum atomic E-state index is 5.98. The summed E-state index contributed by atoms with van der Waals surface area (Å²) in [6.45, 7) is 5.65. The molecule has 0 aromatic rings. The largest absolute Gasteiger partial charge is 0.327 e. The Balaban J connectivity index is 2.48. The first kappa shape index (κ1) is 9.01. The summed E-state index contributed by atoms with van der Waals surface area (Å²) in [5.41, 5.74) is 5.98. The van der Waals surface area contributed by atoms with Gasteiger partial charge in [0.1, 0.15) is 0 Å². The van der Waals surface area contributed by atoms with E-state index in [1.54, 1.807) is 0 Å². The van der Waals surface area contributed by atoms with Gasteiger partial charge in [-0.25, -0.2) is 0 Å². The first-order valence-electron chi connectivity index (χ1n) is 4.61. The Morgan fingerprint density at radius 3 is 2.73 bits per heavy atom. The van der Waals surface area contributed by atoms with Gasteiger partial charge in [-0.3, -0.25) is 0 Å². The van der Waals surface area contributed by atoms with E-state index in [1.165, 1.54) is 19.4 Å². The lowest BCUT2D eigenvalue weighted by atomic mass is 9.89. The highest BCUT2D eigenvalue weighted by atomic mass is 15.1. The van der Waals surface area contributed by atoms with Gasteiger partial charge in [-0.15, -0.1) is 0 Å². The quantitative estimate of drug-likeness (QED) is 0.615. The molecule has 3 atom stereocenters. The second-order valence-electron chi connectivity index (χ2n) is 3.88. The third-order valence-corrected chi connectivity index (χ3v) is 2.95. The Hall–Kier alpha value is -0.0800. The van der Waals surface area contributed by atoms with Crippen molar-refractivity contribution in [3.05, 3.63) is 0 Å². The van der Waals surface area contributed by atoms with Crippen LogP contribution >= 0.6 is 0 Å². The molecule has 0 spiro atoms. The van der Waals surface area contributed by atoms with E-state index in [-0.39, 0.29) is 0 Å². The average molecular weight is 156 g/mol. The summed E-state index contributed by atoms with van der Waals surface area (Å²) in [5, 5.41) is 0. The zero-order valence-electron chi connectivity index (χ0n) is 7.88. The van der Waals surface area contributed by atoms with Gasteiger partial charge in [-0.1, -0.05) is 13.8 Å². The molecule has 0 aromatic heterocycles. The van der Waals surface area contributed by atoms with Crippen LogP contribution in [0.2, 0.25) is 0 Å². The molecule has 1 saturated heterocycles. The molecule has 0 radical (unpaired) electrons. The van der Waals surface area contributed by atoms with Crippen molar-refractivity contribution in [3.8, 4) is 0 Å². The van der Waals surface area contributed by atoms with Crippen molar-refractivity contribution in [1.29, 1.82) is 0 Å². The molecule has 0 saturated carbocycles. The van der Waals surface area contributed by atoms with Crippen molar-refractivity contribution in [2.45, 2.75) is 38.8 Å². The average Bonchev–Trinajstić information content (AvgIpc) is 1.97. The van der Waals surface area contributed by atoms with Gasteiger partial charge in [0.25, 0.3) is 0 Å². The van der Waals surface area contributed by atoms with Gasteiger partial charge in [-0.2, -0.15) is 0 Å². The van der Waals surface area contributed by atoms with Crippen LogP contribution in [0.25, 0.3) is 0 Å². The van der Waals surface area contributed by atoms with Crippen molar-refractivity contribution in [3.63, 3.8) is 0 Å². The summed E-state index contributed by atoms with van der Waals surface area (Å²) >= 11 is 0. The second kappa shape index (κ2) is 3.55. The highest BCUT2D eigenvalue weighted by Crippen LogP contribution is 2.20. The van der Waals surface area contributed by atoms with Crippen molar-refractivity contribution < 1.29 is 0 Å². The van der Waals surface area contributed by atoms with Crippen LogP contribution in [-0.2, 0) is 0 Å². The highest BCUT2D eigenvalue weighted by Gasteiger charge is 2.27. The van der Waals surface area contributed by atoms with E-state index in [2.05, 4.69) is 25.8 Å². The van der Waals surface area contributed by atoms with E-state index in [1.807, 2.05) is 0 Å². The molecule has 0 bridgehead atoms. The maximum Gasteiger partial charge on any atom is 0.0105 e. The Morgan fingerprint density at radius 1 is 1.55 bits per heavy atom. The molecule has 1 aliphatic rings. The van der Waals surface area contributed by atoms with Gasteiger partial charge < -0.3 is 10.6 Å². The van der Waals surface area contributed by atoms with E-state index >= 15 is 0 Å². The Morgan fingerprint density at radius 2 is 2.18 bits per heavy atom. The number of hydrogen-bond donors (Lipinski definition) is 1. The van der Waals surface area contributed by atoms with Crippen LogP contribution < -0.4 is 5.73 Å². The van der Waals surface area contributed by atoms with E-state index < -0.39 is 0 Å². The topological polar surface area (TPSA) is 29.3 Å². The van der Waals surface area contributed by atoms with Crippen LogP contribution in [-0.4, -0.2) is 30.6 Å². The Kier molecular flexibility index (Phi) is 2.90. The third-order valence-electron chi connectivity index (χ3n) is 2.95. The smallest absolute Gasteiger partial charge is 0.0105 e.